The lowest BCUT2D eigenvalue weighted by atomic mass is 9.79. The molecule has 1 heterocycles. The van der Waals surface area contributed by atoms with Crippen LogP contribution in [0, 0.1) is 5.92 Å². The summed E-state index contributed by atoms with van der Waals surface area (Å²) in [6, 6.07) is 0.126. The monoisotopic (exact) mass is 201 g/mol. The third kappa shape index (κ3) is 2.27. The van der Waals surface area contributed by atoms with Gasteiger partial charge >= 0.3 is 0 Å². The van der Waals surface area contributed by atoms with Gasteiger partial charge in [0.25, 0.3) is 0 Å². The van der Waals surface area contributed by atoms with Gasteiger partial charge in [0.1, 0.15) is 0 Å². The molecule has 1 aliphatic rings. The third-order valence-electron chi connectivity index (χ3n) is 3.61. The van der Waals surface area contributed by atoms with Crippen LogP contribution in [0.25, 0.3) is 0 Å². The van der Waals surface area contributed by atoms with Gasteiger partial charge in [0.15, 0.2) is 0 Å². The molecule has 3 nitrogen and oxygen atoms in total. The highest BCUT2D eigenvalue weighted by Gasteiger charge is 2.40. The molecule has 2 N–H and O–H groups in total. The SMILES string of the molecule is CCC(C)C(N)C1(OC)CCOCC1. The average Bonchev–Trinajstić information content (AvgIpc) is 2.28. The lowest BCUT2D eigenvalue weighted by Crippen LogP contribution is -2.55. The molecule has 0 amide bonds. The Morgan fingerprint density at radius 3 is 2.43 bits per heavy atom. The maximum absolute atomic E-state index is 6.27. The number of rotatable bonds is 4. The molecule has 0 bridgehead atoms. The van der Waals surface area contributed by atoms with Crippen LogP contribution in [0.5, 0.6) is 0 Å². The predicted molar refractivity (Wildman–Crippen MR) is 57.2 cm³/mol. The quantitative estimate of drug-likeness (QED) is 0.750. The molecular formula is C11H23NO2. The Balaban J connectivity index is 2.66. The number of ether oxygens (including phenoxy) is 2. The molecule has 0 aromatic rings. The van der Waals surface area contributed by atoms with Crippen molar-refractivity contribution in [2.75, 3.05) is 20.3 Å². The van der Waals surface area contributed by atoms with Gasteiger partial charge in [-0.2, -0.15) is 0 Å². The van der Waals surface area contributed by atoms with Gasteiger partial charge in [0, 0.05) is 39.2 Å². The smallest absolute Gasteiger partial charge is 0.0875 e. The van der Waals surface area contributed by atoms with Crippen LogP contribution in [-0.2, 0) is 9.47 Å². The second-order valence-corrected chi connectivity index (χ2v) is 4.29. The Hall–Kier alpha value is -0.120. The molecule has 0 aliphatic carbocycles. The minimum atomic E-state index is -0.145. The first-order valence-corrected chi connectivity index (χ1v) is 5.54. The zero-order valence-electron chi connectivity index (χ0n) is 9.58. The summed E-state index contributed by atoms with van der Waals surface area (Å²) in [5, 5.41) is 0. The first kappa shape index (κ1) is 12.0. The standard InChI is InChI=1S/C11H23NO2/c1-4-9(2)10(12)11(13-3)5-7-14-8-6-11/h9-10H,4-8,12H2,1-3H3. The molecule has 1 aliphatic heterocycles. The lowest BCUT2D eigenvalue weighted by molar-refractivity contribution is -0.112. The van der Waals surface area contributed by atoms with Crippen molar-refractivity contribution in [3.63, 3.8) is 0 Å². The first-order valence-electron chi connectivity index (χ1n) is 5.54. The van der Waals surface area contributed by atoms with Crippen molar-refractivity contribution in [2.45, 2.75) is 44.8 Å². The van der Waals surface area contributed by atoms with E-state index in [1.807, 2.05) is 0 Å². The Labute approximate surface area is 86.9 Å². The molecular weight excluding hydrogens is 178 g/mol. The molecule has 3 heteroatoms. The molecule has 0 spiro atoms. The average molecular weight is 201 g/mol. The van der Waals surface area contributed by atoms with Crippen molar-refractivity contribution in [1.29, 1.82) is 0 Å². The topological polar surface area (TPSA) is 44.5 Å². The lowest BCUT2D eigenvalue weighted by Gasteiger charge is -2.42. The summed E-state index contributed by atoms with van der Waals surface area (Å²) < 4.78 is 11.0. The minimum absolute atomic E-state index is 0.126. The van der Waals surface area contributed by atoms with E-state index in [0.717, 1.165) is 32.5 Å². The molecule has 2 unspecified atom stereocenters. The molecule has 0 aromatic carbocycles. The van der Waals surface area contributed by atoms with Gasteiger partial charge in [-0.05, 0) is 5.92 Å². The molecule has 1 rings (SSSR count). The number of hydrogen-bond donors (Lipinski definition) is 1. The zero-order chi connectivity index (χ0) is 10.6. The van der Waals surface area contributed by atoms with E-state index in [0.29, 0.717) is 5.92 Å². The summed E-state index contributed by atoms with van der Waals surface area (Å²) in [5.41, 5.74) is 6.12. The molecule has 84 valence electrons. The van der Waals surface area contributed by atoms with Crippen molar-refractivity contribution in [3.8, 4) is 0 Å². The molecule has 0 saturated carbocycles. The highest BCUT2D eigenvalue weighted by Crippen LogP contribution is 2.31. The van der Waals surface area contributed by atoms with Gasteiger partial charge in [0.05, 0.1) is 5.60 Å². The van der Waals surface area contributed by atoms with Crippen molar-refractivity contribution >= 4 is 0 Å². The van der Waals surface area contributed by atoms with Crippen LogP contribution in [-0.4, -0.2) is 32.0 Å². The number of methoxy groups -OCH3 is 1. The van der Waals surface area contributed by atoms with E-state index in [-0.39, 0.29) is 11.6 Å². The summed E-state index contributed by atoms with van der Waals surface area (Å²) >= 11 is 0. The summed E-state index contributed by atoms with van der Waals surface area (Å²) in [4.78, 5) is 0. The summed E-state index contributed by atoms with van der Waals surface area (Å²) in [5.74, 6) is 0.507. The van der Waals surface area contributed by atoms with Crippen LogP contribution in [0.4, 0.5) is 0 Å². The Morgan fingerprint density at radius 1 is 1.43 bits per heavy atom. The first-order chi connectivity index (χ1) is 6.66. The van der Waals surface area contributed by atoms with Crippen LogP contribution in [0.3, 0.4) is 0 Å². The second-order valence-electron chi connectivity index (χ2n) is 4.29. The van der Waals surface area contributed by atoms with Gasteiger partial charge in [-0.25, -0.2) is 0 Å². The summed E-state index contributed by atoms with van der Waals surface area (Å²) in [7, 11) is 1.77. The van der Waals surface area contributed by atoms with Crippen LogP contribution in [0.15, 0.2) is 0 Å². The van der Waals surface area contributed by atoms with E-state index < -0.39 is 0 Å². The second kappa shape index (κ2) is 5.10. The van der Waals surface area contributed by atoms with Gasteiger partial charge in [0.2, 0.25) is 0 Å². The Bertz CT molecular complexity index is 167. The molecule has 0 aromatic heterocycles. The molecule has 1 saturated heterocycles. The minimum Gasteiger partial charge on any atom is -0.381 e. The van der Waals surface area contributed by atoms with E-state index in [1.165, 1.54) is 0 Å². The normalized spacial score (nSPS) is 25.7. The molecule has 14 heavy (non-hydrogen) atoms. The predicted octanol–water partition coefficient (Wildman–Crippen LogP) is 1.56. The van der Waals surface area contributed by atoms with E-state index in [2.05, 4.69) is 13.8 Å². The largest absolute Gasteiger partial charge is 0.381 e. The highest BCUT2D eigenvalue weighted by atomic mass is 16.5. The van der Waals surface area contributed by atoms with Gasteiger partial charge in [-0.15, -0.1) is 0 Å². The Kier molecular flexibility index (Phi) is 4.35. The fourth-order valence-corrected chi connectivity index (χ4v) is 2.16. The van der Waals surface area contributed by atoms with Gasteiger partial charge < -0.3 is 15.2 Å². The van der Waals surface area contributed by atoms with Crippen molar-refractivity contribution in [2.24, 2.45) is 11.7 Å². The van der Waals surface area contributed by atoms with Crippen molar-refractivity contribution in [3.05, 3.63) is 0 Å². The van der Waals surface area contributed by atoms with Crippen LogP contribution >= 0.6 is 0 Å². The summed E-state index contributed by atoms with van der Waals surface area (Å²) in [6.45, 7) is 5.92. The van der Waals surface area contributed by atoms with E-state index in [1.54, 1.807) is 7.11 Å². The van der Waals surface area contributed by atoms with E-state index in [4.69, 9.17) is 15.2 Å². The van der Waals surface area contributed by atoms with Crippen molar-refractivity contribution < 1.29 is 9.47 Å². The third-order valence-corrected chi connectivity index (χ3v) is 3.61. The van der Waals surface area contributed by atoms with Crippen molar-refractivity contribution in [1.82, 2.24) is 0 Å². The maximum Gasteiger partial charge on any atom is 0.0875 e. The zero-order valence-corrected chi connectivity index (χ0v) is 9.58. The van der Waals surface area contributed by atoms with Crippen LogP contribution in [0.2, 0.25) is 0 Å². The molecule has 1 fully saturated rings. The van der Waals surface area contributed by atoms with Crippen LogP contribution < -0.4 is 5.73 Å². The van der Waals surface area contributed by atoms with E-state index >= 15 is 0 Å². The highest BCUT2D eigenvalue weighted by molar-refractivity contribution is 4.95. The molecule has 0 radical (unpaired) electrons. The van der Waals surface area contributed by atoms with Gasteiger partial charge in [-0.1, -0.05) is 20.3 Å². The molecule has 2 atom stereocenters. The van der Waals surface area contributed by atoms with E-state index in [9.17, 15) is 0 Å². The Morgan fingerprint density at radius 2 is 2.00 bits per heavy atom. The fraction of sp³-hybridized carbons (Fsp3) is 1.00. The summed E-state index contributed by atoms with van der Waals surface area (Å²) in [6.07, 6.45) is 2.96. The number of nitrogens with two attached hydrogens (primary N) is 1. The fourth-order valence-electron chi connectivity index (χ4n) is 2.16. The maximum atomic E-state index is 6.27. The number of hydrogen-bond acceptors (Lipinski definition) is 3. The van der Waals surface area contributed by atoms with Crippen LogP contribution in [0.1, 0.15) is 33.1 Å². The van der Waals surface area contributed by atoms with Gasteiger partial charge in [-0.3, -0.25) is 0 Å².